The zero-order chi connectivity index (χ0) is 13.1. The van der Waals surface area contributed by atoms with E-state index in [1.165, 1.54) is 7.11 Å². The van der Waals surface area contributed by atoms with Gasteiger partial charge in [0.25, 0.3) is 5.89 Å². The highest BCUT2D eigenvalue weighted by molar-refractivity contribution is 5.55. The van der Waals surface area contributed by atoms with Gasteiger partial charge in [-0.25, -0.2) is 4.39 Å². The Morgan fingerprint density at radius 1 is 1.50 bits per heavy atom. The third-order valence-corrected chi connectivity index (χ3v) is 2.54. The van der Waals surface area contributed by atoms with Gasteiger partial charge in [0, 0.05) is 7.11 Å². The van der Waals surface area contributed by atoms with Crippen molar-refractivity contribution in [1.82, 2.24) is 10.1 Å². The first-order chi connectivity index (χ1) is 8.63. The summed E-state index contributed by atoms with van der Waals surface area (Å²) in [7, 11) is 1.53. The van der Waals surface area contributed by atoms with Crippen LogP contribution in [0.5, 0.6) is 0 Å². The van der Waals surface area contributed by atoms with Crippen molar-refractivity contribution in [3.8, 4) is 11.5 Å². The summed E-state index contributed by atoms with van der Waals surface area (Å²) in [6.45, 7) is 1.95. The molecule has 96 valence electrons. The first-order valence-corrected chi connectivity index (χ1v) is 5.47. The van der Waals surface area contributed by atoms with Crippen molar-refractivity contribution in [3.05, 3.63) is 35.4 Å². The zero-order valence-electron chi connectivity index (χ0n) is 10.2. The number of benzene rings is 1. The van der Waals surface area contributed by atoms with Crippen molar-refractivity contribution in [2.75, 3.05) is 13.7 Å². The number of nitrogens with two attached hydrogens (primary N) is 1. The number of methoxy groups -OCH3 is 1. The lowest BCUT2D eigenvalue weighted by Gasteiger charge is -2.03. The van der Waals surface area contributed by atoms with Crippen LogP contribution in [-0.4, -0.2) is 23.9 Å². The lowest BCUT2D eigenvalue weighted by atomic mass is 10.1. The van der Waals surface area contributed by atoms with Crippen LogP contribution in [0.4, 0.5) is 4.39 Å². The molecule has 0 aliphatic carbocycles. The number of halogens is 1. The van der Waals surface area contributed by atoms with E-state index in [0.717, 1.165) is 0 Å². The lowest BCUT2D eigenvalue weighted by Crippen LogP contribution is -2.17. The average Bonchev–Trinajstić information content (AvgIpc) is 2.82. The van der Waals surface area contributed by atoms with Gasteiger partial charge >= 0.3 is 0 Å². The van der Waals surface area contributed by atoms with E-state index in [0.29, 0.717) is 11.4 Å². The van der Waals surface area contributed by atoms with Gasteiger partial charge in [0.05, 0.1) is 18.2 Å². The third kappa shape index (κ3) is 2.39. The maximum atomic E-state index is 13.9. The van der Waals surface area contributed by atoms with E-state index < -0.39 is 6.04 Å². The Kier molecular flexibility index (Phi) is 3.69. The number of aryl methyl sites for hydroxylation is 1. The van der Waals surface area contributed by atoms with Gasteiger partial charge in [0.15, 0.2) is 5.82 Å². The van der Waals surface area contributed by atoms with Crippen LogP contribution >= 0.6 is 0 Å². The summed E-state index contributed by atoms with van der Waals surface area (Å²) >= 11 is 0. The molecule has 1 heterocycles. The van der Waals surface area contributed by atoms with Crippen LogP contribution in [0.3, 0.4) is 0 Å². The molecule has 1 aromatic heterocycles. The number of nitrogens with zero attached hydrogens (tertiary/aromatic N) is 2. The topological polar surface area (TPSA) is 74.2 Å². The first kappa shape index (κ1) is 12.7. The van der Waals surface area contributed by atoms with Gasteiger partial charge < -0.3 is 15.0 Å². The van der Waals surface area contributed by atoms with Crippen LogP contribution in [0.25, 0.3) is 11.5 Å². The number of ether oxygens (including phenoxy) is 1. The van der Waals surface area contributed by atoms with Gasteiger partial charge in [-0.3, -0.25) is 0 Å². The molecule has 1 atom stereocenters. The van der Waals surface area contributed by atoms with Crippen molar-refractivity contribution in [1.29, 1.82) is 0 Å². The maximum absolute atomic E-state index is 13.9. The van der Waals surface area contributed by atoms with Gasteiger partial charge in [-0.15, -0.1) is 0 Å². The summed E-state index contributed by atoms with van der Waals surface area (Å²) < 4.78 is 23.8. The van der Waals surface area contributed by atoms with E-state index in [4.69, 9.17) is 15.0 Å². The van der Waals surface area contributed by atoms with Crippen molar-refractivity contribution in [3.63, 3.8) is 0 Å². The fourth-order valence-corrected chi connectivity index (χ4v) is 1.56. The summed E-state index contributed by atoms with van der Waals surface area (Å²) in [5.74, 6) is 0.0542. The van der Waals surface area contributed by atoms with E-state index in [1.54, 1.807) is 25.1 Å². The van der Waals surface area contributed by atoms with Crippen molar-refractivity contribution in [2.45, 2.75) is 13.0 Å². The van der Waals surface area contributed by atoms with E-state index in [1.807, 2.05) is 0 Å². The summed E-state index contributed by atoms with van der Waals surface area (Å²) in [5.41, 5.74) is 6.56. The fraction of sp³-hybridized carbons (Fsp3) is 0.333. The third-order valence-electron chi connectivity index (χ3n) is 2.54. The number of aromatic nitrogens is 2. The Bertz CT molecular complexity index is 542. The Morgan fingerprint density at radius 3 is 3.00 bits per heavy atom. The summed E-state index contributed by atoms with van der Waals surface area (Å²) in [4.78, 5) is 4.08. The summed E-state index contributed by atoms with van der Waals surface area (Å²) in [5, 5.41) is 3.72. The molecule has 2 N–H and O–H groups in total. The summed E-state index contributed by atoms with van der Waals surface area (Å²) in [6, 6.07) is 4.50. The van der Waals surface area contributed by atoms with Crippen molar-refractivity contribution in [2.24, 2.45) is 5.73 Å². The Morgan fingerprint density at radius 2 is 2.28 bits per heavy atom. The molecular weight excluding hydrogens is 237 g/mol. The minimum absolute atomic E-state index is 0.123. The highest BCUT2D eigenvalue weighted by Crippen LogP contribution is 2.23. The minimum Gasteiger partial charge on any atom is -0.383 e. The van der Waals surface area contributed by atoms with E-state index >= 15 is 0 Å². The molecule has 2 rings (SSSR count). The molecule has 0 fully saturated rings. The molecular formula is C12H14FN3O2. The highest BCUT2D eigenvalue weighted by Gasteiger charge is 2.17. The van der Waals surface area contributed by atoms with Crippen LogP contribution in [-0.2, 0) is 4.74 Å². The van der Waals surface area contributed by atoms with Gasteiger partial charge in [0.2, 0.25) is 0 Å². The molecule has 1 unspecified atom stereocenters. The molecule has 0 amide bonds. The normalized spacial score (nSPS) is 12.7. The molecule has 0 aliphatic heterocycles. The molecule has 2 aromatic rings. The lowest BCUT2D eigenvalue weighted by molar-refractivity contribution is 0.177. The second-order valence-electron chi connectivity index (χ2n) is 3.96. The second-order valence-corrected chi connectivity index (χ2v) is 3.96. The van der Waals surface area contributed by atoms with E-state index in [9.17, 15) is 4.39 Å². The molecule has 0 bridgehead atoms. The minimum atomic E-state index is -0.486. The molecule has 6 heteroatoms. The Balaban J connectivity index is 2.32. The van der Waals surface area contributed by atoms with Crippen LogP contribution in [0.2, 0.25) is 0 Å². The predicted octanol–water partition coefficient (Wildman–Crippen LogP) is 1.83. The van der Waals surface area contributed by atoms with Crippen LogP contribution in [0.15, 0.2) is 22.7 Å². The maximum Gasteiger partial charge on any atom is 0.260 e. The van der Waals surface area contributed by atoms with Gasteiger partial charge in [-0.2, -0.15) is 4.98 Å². The molecule has 0 aliphatic rings. The number of rotatable bonds is 4. The van der Waals surface area contributed by atoms with Crippen LogP contribution in [0, 0.1) is 12.7 Å². The molecule has 1 aromatic carbocycles. The van der Waals surface area contributed by atoms with Crippen molar-refractivity contribution < 1.29 is 13.7 Å². The van der Waals surface area contributed by atoms with E-state index in [-0.39, 0.29) is 23.9 Å². The van der Waals surface area contributed by atoms with Gasteiger partial charge in [0.1, 0.15) is 5.82 Å². The van der Waals surface area contributed by atoms with Gasteiger partial charge in [-0.1, -0.05) is 17.3 Å². The summed E-state index contributed by atoms with van der Waals surface area (Å²) in [6.07, 6.45) is 0. The fourth-order valence-electron chi connectivity index (χ4n) is 1.56. The highest BCUT2D eigenvalue weighted by atomic mass is 19.1. The zero-order valence-corrected chi connectivity index (χ0v) is 10.2. The van der Waals surface area contributed by atoms with E-state index in [2.05, 4.69) is 10.1 Å². The number of hydrogen-bond donors (Lipinski definition) is 1. The van der Waals surface area contributed by atoms with Crippen molar-refractivity contribution >= 4 is 0 Å². The monoisotopic (exact) mass is 251 g/mol. The van der Waals surface area contributed by atoms with Crippen LogP contribution < -0.4 is 5.73 Å². The molecule has 0 spiro atoms. The molecule has 18 heavy (non-hydrogen) atoms. The standard InChI is InChI=1S/C12H14FN3O2/c1-7-4-3-5-8(10(7)13)12-15-11(16-18-12)9(14)6-17-2/h3-5,9H,6,14H2,1-2H3. The molecule has 5 nitrogen and oxygen atoms in total. The Hall–Kier alpha value is -1.79. The predicted molar refractivity (Wildman–Crippen MR) is 63.2 cm³/mol. The largest absolute Gasteiger partial charge is 0.383 e. The Labute approximate surface area is 104 Å². The first-order valence-electron chi connectivity index (χ1n) is 5.47. The SMILES string of the molecule is COCC(N)c1noc(-c2cccc(C)c2F)n1. The second kappa shape index (κ2) is 5.24. The average molecular weight is 251 g/mol. The molecule has 0 saturated carbocycles. The van der Waals surface area contributed by atoms with Gasteiger partial charge in [-0.05, 0) is 18.6 Å². The smallest absolute Gasteiger partial charge is 0.260 e. The molecule has 0 saturated heterocycles. The quantitative estimate of drug-likeness (QED) is 0.897. The molecule has 0 radical (unpaired) electrons. The van der Waals surface area contributed by atoms with Crippen LogP contribution in [0.1, 0.15) is 17.4 Å². The number of hydrogen-bond acceptors (Lipinski definition) is 5.